The zero-order chi connectivity index (χ0) is 15.2. The first kappa shape index (κ1) is 14.8. The number of aryl methyl sites for hydroxylation is 1. The second-order valence-electron chi connectivity index (χ2n) is 4.78. The Morgan fingerprint density at radius 3 is 2.48 bits per heavy atom. The monoisotopic (exact) mass is 286 g/mol. The molecule has 0 aliphatic carbocycles. The maximum Gasteiger partial charge on any atom is 0.272 e. The first-order valence-corrected chi connectivity index (χ1v) is 6.72. The number of hydrogen-bond donors (Lipinski definition) is 1. The van der Waals surface area contributed by atoms with Gasteiger partial charge in [-0.1, -0.05) is 12.1 Å². The Labute approximate surface area is 123 Å². The average molecular weight is 286 g/mol. The summed E-state index contributed by atoms with van der Waals surface area (Å²) in [6, 6.07) is 13.0. The van der Waals surface area contributed by atoms with Crippen molar-refractivity contribution in [1.29, 1.82) is 0 Å². The fourth-order valence-electron chi connectivity index (χ4n) is 2.11. The highest BCUT2D eigenvalue weighted by Crippen LogP contribution is 2.21. The molecule has 0 amide bonds. The third-order valence-corrected chi connectivity index (χ3v) is 3.30. The van der Waals surface area contributed by atoms with Crippen molar-refractivity contribution in [3.05, 3.63) is 63.7 Å². The molecule has 0 radical (unpaired) electrons. The van der Waals surface area contributed by atoms with Gasteiger partial charge < -0.3 is 10.1 Å². The number of hydrogen-bond acceptors (Lipinski definition) is 4. The number of nitro groups is 1. The molecule has 0 saturated heterocycles. The van der Waals surface area contributed by atoms with Gasteiger partial charge in [0.2, 0.25) is 0 Å². The van der Waals surface area contributed by atoms with Crippen LogP contribution >= 0.6 is 0 Å². The summed E-state index contributed by atoms with van der Waals surface area (Å²) in [6.45, 7) is 2.51. The molecule has 0 aliphatic rings. The lowest BCUT2D eigenvalue weighted by atomic mass is 10.1. The quantitative estimate of drug-likeness (QED) is 0.651. The van der Waals surface area contributed by atoms with E-state index in [1.165, 1.54) is 11.6 Å². The zero-order valence-electron chi connectivity index (χ0n) is 12.1. The molecule has 1 N–H and O–H groups in total. The number of benzene rings is 2. The van der Waals surface area contributed by atoms with Gasteiger partial charge in [0.25, 0.3) is 5.69 Å². The lowest BCUT2D eigenvalue weighted by molar-refractivity contribution is -0.385. The maximum atomic E-state index is 10.8. The minimum absolute atomic E-state index is 0.149. The van der Waals surface area contributed by atoms with E-state index in [2.05, 4.69) is 5.32 Å². The fraction of sp³-hybridized carbons (Fsp3) is 0.250. The molecule has 0 bridgehead atoms. The van der Waals surface area contributed by atoms with Gasteiger partial charge in [0.15, 0.2) is 0 Å². The van der Waals surface area contributed by atoms with Gasteiger partial charge in [-0.25, -0.2) is 0 Å². The highest BCUT2D eigenvalue weighted by Gasteiger charge is 2.09. The molecule has 5 heteroatoms. The van der Waals surface area contributed by atoms with Gasteiger partial charge in [-0.2, -0.15) is 0 Å². The van der Waals surface area contributed by atoms with Crippen molar-refractivity contribution < 1.29 is 9.66 Å². The molecule has 2 aromatic rings. The molecule has 5 nitrogen and oxygen atoms in total. The third-order valence-electron chi connectivity index (χ3n) is 3.30. The number of rotatable bonds is 6. The zero-order valence-corrected chi connectivity index (χ0v) is 12.1. The summed E-state index contributed by atoms with van der Waals surface area (Å²) in [5.74, 6) is 0.845. The Morgan fingerprint density at radius 1 is 1.19 bits per heavy atom. The van der Waals surface area contributed by atoms with E-state index < -0.39 is 0 Å². The number of anilines is 1. The molecule has 110 valence electrons. The van der Waals surface area contributed by atoms with E-state index in [9.17, 15) is 10.1 Å². The molecule has 0 atom stereocenters. The second kappa shape index (κ2) is 6.74. The highest BCUT2D eigenvalue weighted by molar-refractivity contribution is 5.53. The third kappa shape index (κ3) is 3.95. The maximum absolute atomic E-state index is 10.8. The van der Waals surface area contributed by atoms with Crippen LogP contribution in [0.3, 0.4) is 0 Å². The molecule has 0 aliphatic heterocycles. The van der Waals surface area contributed by atoms with Crippen molar-refractivity contribution in [2.75, 3.05) is 19.0 Å². The van der Waals surface area contributed by atoms with Gasteiger partial charge in [0.05, 0.1) is 12.0 Å². The van der Waals surface area contributed by atoms with Crippen molar-refractivity contribution in [2.24, 2.45) is 0 Å². The van der Waals surface area contributed by atoms with E-state index in [4.69, 9.17) is 4.74 Å². The van der Waals surface area contributed by atoms with Gasteiger partial charge in [-0.3, -0.25) is 10.1 Å². The lowest BCUT2D eigenvalue weighted by Crippen LogP contribution is -2.05. The van der Waals surface area contributed by atoms with E-state index >= 15 is 0 Å². The number of nitrogens with one attached hydrogen (secondary N) is 1. The number of methoxy groups -OCH3 is 1. The summed E-state index contributed by atoms with van der Waals surface area (Å²) in [5.41, 5.74) is 2.92. The summed E-state index contributed by atoms with van der Waals surface area (Å²) in [5, 5.41) is 14.0. The van der Waals surface area contributed by atoms with E-state index in [0.29, 0.717) is 5.56 Å². The van der Waals surface area contributed by atoms with Crippen LogP contribution in [-0.4, -0.2) is 18.6 Å². The Bertz CT molecular complexity index is 624. The van der Waals surface area contributed by atoms with E-state index in [1.807, 2.05) is 24.3 Å². The Morgan fingerprint density at radius 2 is 1.90 bits per heavy atom. The summed E-state index contributed by atoms with van der Waals surface area (Å²) in [4.78, 5) is 10.4. The van der Waals surface area contributed by atoms with Crippen molar-refractivity contribution in [3.8, 4) is 5.75 Å². The van der Waals surface area contributed by atoms with Crippen LogP contribution in [0.15, 0.2) is 42.5 Å². The molecule has 2 aromatic carbocycles. The van der Waals surface area contributed by atoms with Crippen LogP contribution in [0, 0.1) is 17.0 Å². The summed E-state index contributed by atoms with van der Waals surface area (Å²) < 4.78 is 5.12. The van der Waals surface area contributed by atoms with E-state index in [0.717, 1.165) is 24.4 Å². The number of nitrogens with zero attached hydrogens (tertiary/aromatic N) is 1. The molecule has 21 heavy (non-hydrogen) atoms. The summed E-state index contributed by atoms with van der Waals surface area (Å²) in [6.07, 6.45) is 0.875. The topological polar surface area (TPSA) is 64.4 Å². The first-order chi connectivity index (χ1) is 10.1. The Balaban J connectivity index is 1.91. The molecule has 0 heterocycles. The molecule has 0 unspecified atom stereocenters. The largest absolute Gasteiger partial charge is 0.497 e. The van der Waals surface area contributed by atoms with Gasteiger partial charge in [-0.15, -0.1) is 0 Å². The normalized spacial score (nSPS) is 10.2. The van der Waals surface area contributed by atoms with Crippen LogP contribution in [0.5, 0.6) is 5.75 Å². The molecular formula is C16H18N2O3. The summed E-state index contributed by atoms with van der Waals surface area (Å²) in [7, 11) is 1.65. The van der Waals surface area contributed by atoms with Crippen molar-refractivity contribution in [1.82, 2.24) is 0 Å². The van der Waals surface area contributed by atoms with E-state index in [-0.39, 0.29) is 10.6 Å². The molecule has 0 fully saturated rings. The number of ether oxygens (including phenoxy) is 1. The Kier molecular flexibility index (Phi) is 4.77. The molecule has 0 aromatic heterocycles. The molecule has 2 rings (SSSR count). The van der Waals surface area contributed by atoms with Crippen LogP contribution in [-0.2, 0) is 6.42 Å². The molecular weight excluding hydrogens is 268 g/mol. The van der Waals surface area contributed by atoms with Gasteiger partial charge in [0, 0.05) is 23.9 Å². The van der Waals surface area contributed by atoms with Gasteiger partial charge in [0.1, 0.15) is 5.75 Å². The lowest BCUT2D eigenvalue weighted by Gasteiger charge is -2.08. The number of nitro benzene ring substituents is 1. The second-order valence-corrected chi connectivity index (χ2v) is 4.78. The average Bonchev–Trinajstić information content (AvgIpc) is 2.47. The predicted octanol–water partition coefficient (Wildman–Crippen LogP) is 3.57. The van der Waals surface area contributed by atoms with Crippen LogP contribution < -0.4 is 10.1 Å². The Hall–Kier alpha value is -2.56. The van der Waals surface area contributed by atoms with E-state index in [1.54, 1.807) is 26.2 Å². The standard InChI is InChI=1S/C16H18N2O3/c1-12-11-14(5-8-16(12)18(19)20)17-10-9-13-3-6-15(21-2)7-4-13/h3-8,11,17H,9-10H2,1-2H3. The molecule has 0 saturated carbocycles. The van der Waals surface area contributed by atoms with Crippen molar-refractivity contribution >= 4 is 11.4 Å². The van der Waals surface area contributed by atoms with Crippen LogP contribution in [0.1, 0.15) is 11.1 Å². The minimum Gasteiger partial charge on any atom is -0.497 e. The van der Waals surface area contributed by atoms with Crippen LogP contribution in [0.4, 0.5) is 11.4 Å². The molecule has 0 spiro atoms. The first-order valence-electron chi connectivity index (χ1n) is 6.72. The van der Waals surface area contributed by atoms with Crippen LogP contribution in [0.25, 0.3) is 0 Å². The predicted molar refractivity (Wildman–Crippen MR) is 83.0 cm³/mol. The SMILES string of the molecule is COc1ccc(CCNc2ccc([N+](=O)[O-])c(C)c2)cc1. The van der Waals surface area contributed by atoms with Gasteiger partial charge in [-0.05, 0) is 43.2 Å². The van der Waals surface area contributed by atoms with Crippen molar-refractivity contribution in [3.63, 3.8) is 0 Å². The highest BCUT2D eigenvalue weighted by atomic mass is 16.6. The van der Waals surface area contributed by atoms with Crippen molar-refractivity contribution in [2.45, 2.75) is 13.3 Å². The van der Waals surface area contributed by atoms with Crippen LogP contribution in [0.2, 0.25) is 0 Å². The smallest absolute Gasteiger partial charge is 0.272 e. The summed E-state index contributed by atoms with van der Waals surface area (Å²) >= 11 is 0. The fourth-order valence-corrected chi connectivity index (χ4v) is 2.11. The van der Waals surface area contributed by atoms with Gasteiger partial charge >= 0.3 is 0 Å². The minimum atomic E-state index is -0.365.